The zero-order valence-corrected chi connectivity index (χ0v) is 18.0. The number of thioether (sulfide) groups is 1. The molecule has 1 saturated heterocycles. The van der Waals surface area contributed by atoms with Crippen molar-refractivity contribution in [2.24, 2.45) is 4.99 Å². The van der Waals surface area contributed by atoms with E-state index in [1.54, 1.807) is 36.4 Å². The normalized spacial score (nSPS) is 16.6. The molecule has 0 spiro atoms. The molecular weight excluding hydrogens is 427 g/mol. The highest BCUT2D eigenvalue weighted by atomic mass is 35.5. The van der Waals surface area contributed by atoms with Gasteiger partial charge in [-0.1, -0.05) is 41.4 Å². The largest absolute Gasteiger partial charge is 0.457 e. The van der Waals surface area contributed by atoms with Gasteiger partial charge in [0, 0.05) is 6.08 Å². The number of carbonyl (C=O) groups is 1. The number of rotatable bonds is 3. The molecule has 1 aliphatic heterocycles. The van der Waals surface area contributed by atoms with Gasteiger partial charge in [-0.3, -0.25) is 4.79 Å². The molecule has 0 atom stereocenters. The molecule has 1 N–H and O–H groups in total. The Balaban J connectivity index is 1.60. The molecule has 1 aliphatic rings. The summed E-state index contributed by atoms with van der Waals surface area (Å²) in [5.41, 5.74) is 3.70. The lowest BCUT2D eigenvalue weighted by Crippen LogP contribution is -2.19. The van der Waals surface area contributed by atoms with Crippen molar-refractivity contribution in [2.45, 2.75) is 13.8 Å². The minimum absolute atomic E-state index is 0.215. The summed E-state index contributed by atoms with van der Waals surface area (Å²) in [6.45, 7) is 4.04. The fraction of sp³-hybridized carbons (Fsp3) is 0.0909. The second-order valence-corrected chi connectivity index (χ2v) is 8.34. The molecule has 0 saturated carbocycles. The van der Waals surface area contributed by atoms with Gasteiger partial charge in [0.05, 0.1) is 26.2 Å². The summed E-state index contributed by atoms with van der Waals surface area (Å²) in [7, 11) is 0. The van der Waals surface area contributed by atoms with Gasteiger partial charge in [-0.25, -0.2) is 4.99 Å². The van der Waals surface area contributed by atoms with Crippen LogP contribution in [0.1, 0.15) is 16.9 Å². The fourth-order valence-corrected chi connectivity index (χ4v) is 4.27. The van der Waals surface area contributed by atoms with Gasteiger partial charge in [0.1, 0.15) is 11.5 Å². The van der Waals surface area contributed by atoms with E-state index in [1.165, 1.54) is 11.8 Å². The number of halogens is 2. The van der Waals surface area contributed by atoms with Crippen LogP contribution in [0.3, 0.4) is 0 Å². The minimum atomic E-state index is -0.215. The summed E-state index contributed by atoms with van der Waals surface area (Å²) >= 11 is 13.8. The molecule has 0 radical (unpaired) electrons. The summed E-state index contributed by atoms with van der Waals surface area (Å²) in [5, 5.41) is 4.34. The van der Waals surface area contributed by atoms with Gasteiger partial charge in [0.15, 0.2) is 5.17 Å². The smallest absolute Gasteiger partial charge is 0.264 e. The SMILES string of the molecule is Cc1cccc(N=C2NC(=O)C(=Cc3ccc(-c4c(Cl)cccc4Cl)o3)S2)c1C. The van der Waals surface area contributed by atoms with Crippen molar-refractivity contribution < 1.29 is 9.21 Å². The van der Waals surface area contributed by atoms with Gasteiger partial charge in [0.25, 0.3) is 5.91 Å². The Morgan fingerprint density at radius 1 is 1.03 bits per heavy atom. The van der Waals surface area contributed by atoms with E-state index < -0.39 is 0 Å². The van der Waals surface area contributed by atoms with Crippen LogP contribution in [0.4, 0.5) is 5.69 Å². The van der Waals surface area contributed by atoms with Gasteiger partial charge in [0.2, 0.25) is 0 Å². The first-order valence-electron chi connectivity index (χ1n) is 8.82. The molecule has 0 unspecified atom stereocenters. The second kappa shape index (κ2) is 8.11. The molecule has 2 aromatic carbocycles. The topological polar surface area (TPSA) is 54.6 Å². The number of amides is 1. The van der Waals surface area contributed by atoms with E-state index in [9.17, 15) is 4.79 Å². The molecule has 1 amide bonds. The maximum Gasteiger partial charge on any atom is 0.264 e. The van der Waals surface area contributed by atoms with Crippen LogP contribution >= 0.6 is 35.0 Å². The Hall–Kier alpha value is -2.47. The number of aryl methyl sites for hydroxylation is 1. The van der Waals surface area contributed by atoms with Crippen molar-refractivity contribution in [3.05, 3.63) is 80.4 Å². The number of furan rings is 1. The van der Waals surface area contributed by atoms with Crippen LogP contribution < -0.4 is 5.32 Å². The number of carbonyl (C=O) groups excluding carboxylic acids is 1. The predicted octanol–water partition coefficient (Wildman–Crippen LogP) is 6.76. The fourth-order valence-electron chi connectivity index (χ4n) is 2.87. The Morgan fingerprint density at radius 2 is 1.76 bits per heavy atom. The lowest BCUT2D eigenvalue weighted by molar-refractivity contribution is -0.115. The molecule has 0 aliphatic carbocycles. The van der Waals surface area contributed by atoms with Crippen LogP contribution in [0.15, 0.2) is 62.8 Å². The first-order valence-corrected chi connectivity index (χ1v) is 10.4. The number of nitrogens with zero attached hydrogens (tertiary/aromatic N) is 1. The summed E-state index contributed by atoms with van der Waals surface area (Å²) < 4.78 is 5.85. The lowest BCUT2D eigenvalue weighted by Gasteiger charge is -2.04. The molecular formula is C22H16Cl2N2O2S. The highest BCUT2D eigenvalue weighted by Gasteiger charge is 2.24. The number of nitrogens with one attached hydrogen (secondary N) is 1. The van der Waals surface area contributed by atoms with Crippen LogP contribution in [0.2, 0.25) is 10.0 Å². The molecule has 1 aromatic heterocycles. The van der Waals surface area contributed by atoms with Crippen molar-refractivity contribution in [3.63, 3.8) is 0 Å². The molecule has 2 heterocycles. The molecule has 1 fully saturated rings. The summed E-state index contributed by atoms with van der Waals surface area (Å²) in [5.74, 6) is 0.856. The van der Waals surface area contributed by atoms with Gasteiger partial charge in [-0.2, -0.15) is 0 Å². The summed E-state index contributed by atoms with van der Waals surface area (Å²) in [6, 6.07) is 14.7. The number of benzene rings is 2. The van der Waals surface area contributed by atoms with Crippen LogP contribution in [0.5, 0.6) is 0 Å². The average molecular weight is 443 g/mol. The number of amidine groups is 1. The van der Waals surface area contributed by atoms with Crippen LogP contribution in [0.25, 0.3) is 17.4 Å². The van der Waals surface area contributed by atoms with Crippen molar-refractivity contribution in [1.82, 2.24) is 5.32 Å². The third kappa shape index (κ3) is 4.13. The average Bonchev–Trinajstić information content (AvgIpc) is 3.26. The molecule has 4 nitrogen and oxygen atoms in total. The van der Waals surface area contributed by atoms with Gasteiger partial charge in [-0.05, 0) is 67.1 Å². The van der Waals surface area contributed by atoms with E-state index >= 15 is 0 Å². The van der Waals surface area contributed by atoms with Crippen molar-refractivity contribution in [3.8, 4) is 11.3 Å². The molecule has 4 rings (SSSR count). The third-order valence-corrected chi connectivity index (χ3v) is 6.10. The Bertz CT molecular complexity index is 1160. The predicted molar refractivity (Wildman–Crippen MR) is 121 cm³/mol. The number of aliphatic imine (C=N–C) groups is 1. The van der Waals surface area contributed by atoms with E-state index in [2.05, 4.69) is 10.3 Å². The monoisotopic (exact) mass is 442 g/mol. The maximum atomic E-state index is 12.4. The third-order valence-electron chi connectivity index (χ3n) is 4.56. The Kier molecular flexibility index (Phi) is 5.54. The van der Waals surface area contributed by atoms with E-state index in [-0.39, 0.29) is 5.91 Å². The van der Waals surface area contributed by atoms with Gasteiger partial charge < -0.3 is 9.73 Å². The van der Waals surface area contributed by atoms with E-state index in [0.717, 1.165) is 16.8 Å². The second-order valence-electron chi connectivity index (χ2n) is 6.50. The van der Waals surface area contributed by atoms with Crippen LogP contribution in [-0.4, -0.2) is 11.1 Å². The molecule has 146 valence electrons. The standard InChI is InChI=1S/C22H16Cl2N2O2S/c1-12-5-3-8-17(13(12)2)25-22-26-21(27)19(29-22)11-14-9-10-18(28-14)20-15(23)6-4-7-16(20)24/h3-11H,1-2H3,(H,25,26,27). The van der Waals surface area contributed by atoms with Crippen LogP contribution in [0, 0.1) is 13.8 Å². The molecule has 7 heteroatoms. The van der Waals surface area contributed by atoms with Crippen molar-refractivity contribution in [1.29, 1.82) is 0 Å². The lowest BCUT2D eigenvalue weighted by atomic mass is 10.1. The number of hydrogen-bond donors (Lipinski definition) is 1. The molecule has 0 bridgehead atoms. The van der Waals surface area contributed by atoms with Crippen molar-refractivity contribution >= 4 is 57.8 Å². The Morgan fingerprint density at radius 3 is 2.52 bits per heavy atom. The minimum Gasteiger partial charge on any atom is -0.457 e. The Labute approximate surface area is 182 Å². The molecule has 29 heavy (non-hydrogen) atoms. The van der Waals surface area contributed by atoms with Crippen molar-refractivity contribution in [2.75, 3.05) is 0 Å². The van der Waals surface area contributed by atoms with Gasteiger partial charge >= 0.3 is 0 Å². The zero-order chi connectivity index (χ0) is 20.5. The van der Waals surface area contributed by atoms with E-state index in [0.29, 0.717) is 37.2 Å². The first-order chi connectivity index (χ1) is 13.9. The quantitative estimate of drug-likeness (QED) is 0.455. The van der Waals surface area contributed by atoms with E-state index in [4.69, 9.17) is 27.6 Å². The summed E-state index contributed by atoms with van der Waals surface area (Å²) in [6.07, 6.45) is 1.68. The highest BCUT2D eigenvalue weighted by Crippen LogP contribution is 2.36. The van der Waals surface area contributed by atoms with E-state index in [1.807, 2.05) is 32.0 Å². The first kappa shape index (κ1) is 19.8. The summed E-state index contributed by atoms with van der Waals surface area (Å²) in [4.78, 5) is 17.4. The molecule has 3 aromatic rings. The maximum absolute atomic E-state index is 12.4. The van der Waals surface area contributed by atoms with Gasteiger partial charge in [-0.15, -0.1) is 0 Å². The van der Waals surface area contributed by atoms with Crippen LogP contribution in [-0.2, 0) is 4.79 Å². The zero-order valence-electron chi connectivity index (χ0n) is 15.6. The number of hydrogen-bond acceptors (Lipinski definition) is 4. The highest BCUT2D eigenvalue weighted by molar-refractivity contribution is 8.18.